The van der Waals surface area contributed by atoms with Gasteiger partial charge in [0.2, 0.25) is 5.91 Å². The summed E-state index contributed by atoms with van der Waals surface area (Å²) < 4.78 is 13.0. The molecule has 122 valence electrons. The topological polar surface area (TPSA) is 78.4 Å². The fraction of sp³-hybridized carbons (Fsp3) is 0.500. The lowest BCUT2D eigenvalue weighted by atomic mass is 9.82. The van der Waals surface area contributed by atoms with E-state index in [-0.39, 0.29) is 12.4 Å². The Kier molecular flexibility index (Phi) is 6.49. The first-order valence-electron chi connectivity index (χ1n) is 7.23. The lowest BCUT2D eigenvalue weighted by Gasteiger charge is -2.30. The van der Waals surface area contributed by atoms with E-state index in [9.17, 15) is 19.1 Å². The van der Waals surface area contributed by atoms with Crippen molar-refractivity contribution in [1.82, 2.24) is 10.6 Å². The first-order valence-corrected chi connectivity index (χ1v) is 7.23. The van der Waals surface area contributed by atoms with Crippen LogP contribution >= 0.6 is 0 Å². The smallest absolute Gasteiger partial charge is 0.326 e. The number of carbonyl (C=O) groups is 2. The molecule has 6 heteroatoms. The Balaban J connectivity index is 2.49. The fourth-order valence-corrected chi connectivity index (χ4v) is 1.97. The van der Waals surface area contributed by atoms with Crippen LogP contribution in [0.4, 0.5) is 4.39 Å². The van der Waals surface area contributed by atoms with Crippen LogP contribution in [0.5, 0.6) is 0 Å². The summed E-state index contributed by atoms with van der Waals surface area (Å²) in [4.78, 5) is 23.2. The van der Waals surface area contributed by atoms with Crippen molar-refractivity contribution in [2.24, 2.45) is 5.41 Å². The molecule has 1 aromatic carbocycles. The van der Waals surface area contributed by atoms with Gasteiger partial charge < -0.3 is 15.7 Å². The van der Waals surface area contributed by atoms with Gasteiger partial charge in [0.1, 0.15) is 11.9 Å². The maximum absolute atomic E-state index is 13.0. The van der Waals surface area contributed by atoms with E-state index in [1.807, 2.05) is 6.92 Å². The van der Waals surface area contributed by atoms with Crippen LogP contribution in [0.1, 0.15) is 32.8 Å². The molecule has 0 saturated heterocycles. The van der Waals surface area contributed by atoms with E-state index in [0.717, 1.165) is 5.56 Å². The highest BCUT2D eigenvalue weighted by Gasteiger charge is 2.34. The molecule has 0 fully saturated rings. The monoisotopic (exact) mass is 310 g/mol. The molecule has 1 atom stereocenters. The zero-order valence-electron chi connectivity index (χ0n) is 13.1. The summed E-state index contributed by atoms with van der Waals surface area (Å²) in [5.74, 6) is -1.78. The van der Waals surface area contributed by atoms with E-state index in [4.69, 9.17) is 0 Å². The molecule has 0 saturated carbocycles. The first kappa shape index (κ1) is 18.1. The van der Waals surface area contributed by atoms with Crippen LogP contribution in [0.15, 0.2) is 24.3 Å². The second-order valence-corrected chi connectivity index (χ2v) is 5.91. The lowest BCUT2D eigenvalue weighted by molar-refractivity contribution is -0.145. The van der Waals surface area contributed by atoms with Crippen LogP contribution in [0.3, 0.4) is 0 Å². The highest BCUT2D eigenvalue weighted by atomic mass is 19.1. The predicted octanol–water partition coefficient (Wildman–Crippen LogP) is 1.92. The van der Waals surface area contributed by atoms with Crippen molar-refractivity contribution in [3.63, 3.8) is 0 Å². The Labute approximate surface area is 129 Å². The highest BCUT2D eigenvalue weighted by Crippen LogP contribution is 2.24. The van der Waals surface area contributed by atoms with E-state index >= 15 is 0 Å². The molecular formula is C16H23FN2O3. The van der Waals surface area contributed by atoms with Crippen molar-refractivity contribution in [2.45, 2.75) is 39.8 Å². The number of benzene rings is 1. The molecule has 3 N–H and O–H groups in total. The van der Waals surface area contributed by atoms with Crippen molar-refractivity contribution >= 4 is 11.9 Å². The highest BCUT2D eigenvalue weighted by molar-refractivity contribution is 5.85. The van der Waals surface area contributed by atoms with Gasteiger partial charge in [-0.05, 0) is 29.5 Å². The van der Waals surface area contributed by atoms with Crippen molar-refractivity contribution in [1.29, 1.82) is 0 Å². The van der Waals surface area contributed by atoms with Crippen molar-refractivity contribution in [3.05, 3.63) is 35.6 Å². The van der Waals surface area contributed by atoms with Gasteiger partial charge in [-0.2, -0.15) is 0 Å². The van der Waals surface area contributed by atoms with Gasteiger partial charge in [0.25, 0.3) is 0 Å². The van der Waals surface area contributed by atoms with E-state index < -0.39 is 23.3 Å². The first-order chi connectivity index (χ1) is 10.3. The van der Waals surface area contributed by atoms with Crippen molar-refractivity contribution < 1.29 is 19.1 Å². The van der Waals surface area contributed by atoms with Crippen LogP contribution in [0, 0.1) is 11.2 Å². The summed E-state index contributed by atoms with van der Waals surface area (Å²) in [5, 5.41) is 14.6. The third-order valence-corrected chi connectivity index (χ3v) is 3.75. The van der Waals surface area contributed by atoms with Gasteiger partial charge in [0, 0.05) is 6.54 Å². The molecule has 1 rings (SSSR count). The standard InChI is InChI=1S/C16H23FN2O3/c1-4-16(2,3)14(15(21)22)19-13(20)10-18-9-11-6-5-7-12(17)8-11/h5-8,14,18H,4,9-10H2,1-3H3,(H,19,20)(H,21,22)/t14-/m1/s1. The molecule has 0 heterocycles. The summed E-state index contributed by atoms with van der Waals surface area (Å²) in [6, 6.07) is 5.12. The van der Waals surface area contributed by atoms with Gasteiger partial charge in [-0.3, -0.25) is 4.79 Å². The number of nitrogens with one attached hydrogen (secondary N) is 2. The lowest BCUT2D eigenvalue weighted by Crippen LogP contribution is -2.52. The molecule has 0 aliphatic heterocycles. The summed E-state index contributed by atoms with van der Waals surface area (Å²) >= 11 is 0. The molecular weight excluding hydrogens is 287 g/mol. The Morgan fingerprint density at radius 2 is 2.05 bits per heavy atom. The maximum atomic E-state index is 13.0. The summed E-state index contributed by atoms with van der Waals surface area (Å²) in [5.41, 5.74) is 0.181. The van der Waals surface area contributed by atoms with Crippen LogP contribution in [-0.2, 0) is 16.1 Å². The summed E-state index contributed by atoms with van der Waals surface area (Å²) in [6.07, 6.45) is 0.626. The Morgan fingerprint density at radius 1 is 1.36 bits per heavy atom. The fourth-order valence-electron chi connectivity index (χ4n) is 1.97. The average Bonchev–Trinajstić information content (AvgIpc) is 2.44. The number of amides is 1. The molecule has 22 heavy (non-hydrogen) atoms. The number of rotatable bonds is 8. The molecule has 0 radical (unpaired) electrons. The van der Waals surface area contributed by atoms with Gasteiger partial charge >= 0.3 is 5.97 Å². The Bertz CT molecular complexity index is 532. The molecule has 0 unspecified atom stereocenters. The van der Waals surface area contributed by atoms with Crippen LogP contribution in [0.2, 0.25) is 0 Å². The molecule has 0 bridgehead atoms. The normalized spacial score (nSPS) is 12.7. The number of carboxylic acid groups (broad SMARTS) is 1. The Hall–Kier alpha value is -1.95. The van der Waals surface area contributed by atoms with Gasteiger partial charge in [-0.25, -0.2) is 9.18 Å². The minimum Gasteiger partial charge on any atom is -0.480 e. The predicted molar refractivity (Wildman–Crippen MR) is 81.7 cm³/mol. The zero-order chi connectivity index (χ0) is 16.8. The maximum Gasteiger partial charge on any atom is 0.326 e. The van der Waals surface area contributed by atoms with Gasteiger partial charge in [-0.15, -0.1) is 0 Å². The number of halogens is 1. The van der Waals surface area contributed by atoms with Crippen LogP contribution < -0.4 is 10.6 Å². The zero-order valence-corrected chi connectivity index (χ0v) is 13.1. The van der Waals surface area contributed by atoms with E-state index in [1.165, 1.54) is 12.1 Å². The molecule has 1 aromatic rings. The minimum absolute atomic E-state index is 0.0277. The van der Waals surface area contributed by atoms with Crippen LogP contribution in [-0.4, -0.2) is 29.6 Å². The number of hydrogen-bond acceptors (Lipinski definition) is 3. The molecule has 0 aliphatic rings. The molecule has 0 aromatic heterocycles. The average molecular weight is 310 g/mol. The number of carboxylic acids is 1. The summed E-state index contributed by atoms with van der Waals surface area (Å²) in [6.45, 7) is 5.78. The van der Waals surface area contributed by atoms with E-state index in [0.29, 0.717) is 13.0 Å². The third-order valence-electron chi connectivity index (χ3n) is 3.75. The molecule has 1 amide bonds. The second-order valence-electron chi connectivity index (χ2n) is 5.91. The third kappa shape index (κ3) is 5.44. The minimum atomic E-state index is -1.05. The van der Waals surface area contributed by atoms with Crippen molar-refractivity contribution in [2.75, 3.05) is 6.54 Å². The number of hydrogen-bond donors (Lipinski definition) is 3. The molecule has 0 aliphatic carbocycles. The Morgan fingerprint density at radius 3 is 2.59 bits per heavy atom. The van der Waals surface area contributed by atoms with Gasteiger partial charge in [-0.1, -0.05) is 32.9 Å². The largest absolute Gasteiger partial charge is 0.480 e. The van der Waals surface area contributed by atoms with Crippen LogP contribution in [0.25, 0.3) is 0 Å². The quantitative estimate of drug-likeness (QED) is 0.685. The summed E-state index contributed by atoms with van der Waals surface area (Å²) in [7, 11) is 0. The second kappa shape index (κ2) is 7.89. The molecule has 5 nitrogen and oxygen atoms in total. The number of aliphatic carboxylic acids is 1. The van der Waals surface area contributed by atoms with Crippen molar-refractivity contribution in [3.8, 4) is 0 Å². The van der Waals surface area contributed by atoms with Gasteiger partial charge in [0.15, 0.2) is 0 Å². The van der Waals surface area contributed by atoms with E-state index in [1.54, 1.807) is 26.0 Å². The van der Waals surface area contributed by atoms with Gasteiger partial charge in [0.05, 0.1) is 6.54 Å². The molecule has 0 spiro atoms. The SMILES string of the molecule is CCC(C)(C)[C@H](NC(=O)CNCc1cccc(F)c1)C(=O)O. The number of carbonyl (C=O) groups excluding carboxylic acids is 1. The van der Waals surface area contributed by atoms with E-state index in [2.05, 4.69) is 10.6 Å².